The van der Waals surface area contributed by atoms with Crippen molar-refractivity contribution in [2.24, 2.45) is 0 Å². The predicted octanol–water partition coefficient (Wildman–Crippen LogP) is 2.30. The van der Waals surface area contributed by atoms with E-state index < -0.39 is 23.9 Å². The van der Waals surface area contributed by atoms with Crippen molar-refractivity contribution in [1.82, 2.24) is 10.6 Å². The standard InChI is InChI=1S/C22H22N2O5/c1-28-22(27)19(24-20(25)16-10-6-3-7-11-16)17-12-13-18(23-17)21(26)29-14-15-8-4-2-5-9-15/h2-11,18,23H,12-14H2,1H3,(H,24,25)/b19-17+. The Labute approximate surface area is 168 Å². The molecule has 2 aromatic carbocycles. The third-order valence-electron chi connectivity index (χ3n) is 4.51. The van der Waals surface area contributed by atoms with Crippen molar-refractivity contribution in [3.05, 3.63) is 83.2 Å². The number of ether oxygens (including phenoxy) is 2. The van der Waals surface area contributed by atoms with E-state index in [4.69, 9.17) is 9.47 Å². The molecular weight excluding hydrogens is 372 g/mol. The molecule has 0 aliphatic carbocycles. The number of methoxy groups -OCH3 is 1. The van der Waals surface area contributed by atoms with Crippen LogP contribution in [0.25, 0.3) is 0 Å². The summed E-state index contributed by atoms with van der Waals surface area (Å²) in [6.45, 7) is 0.172. The zero-order chi connectivity index (χ0) is 20.6. The molecule has 1 aliphatic rings. The number of esters is 2. The highest BCUT2D eigenvalue weighted by Crippen LogP contribution is 2.20. The highest BCUT2D eigenvalue weighted by molar-refractivity contribution is 6.01. The van der Waals surface area contributed by atoms with Gasteiger partial charge in [-0.25, -0.2) is 9.59 Å². The Balaban J connectivity index is 1.67. The zero-order valence-electron chi connectivity index (χ0n) is 16.0. The first-order valence-corrected chi connectivity index (χ1v) is 9.23. The van der Waals surface area contributed by atoms with Crippen LogP contribution in [0.5, 0.6) is 0 Å². The zero-order valence-corrected chi connectivity index (χ0v) is 16.0. The van der Waals surface area contributed by atoms with E-state index in [1.807, 2.05) is 30.3 Å². The Kier molecular flexibility index (Phi) is 6.63. The second-order valence-electron chi connectivity index (χ2n) is 6.49. The topological polar surface area (TPSA) is 93.7 Å². The fraction of sp³-hybridized carbons (Fsp3) is 0.227. The van der Waals surface area contributed by atoms with Crippen molar-refractivity contribution in [2.75, 3.05) is 7.11 Å². The summed E-state index contributed by atoms with van der Waals surface area (Å²) in [5.41, 5.74) is 1.74. The average molecular weight is 394 g/mol. The largest absolute Gasteiger partial charge is 0.464 e. The van der Waals surface area contributed by atoms with Gasteiger partial charge >= 0.3 is 11.9 Å². The molecule has 150 valence electrons. The summed E-state index contributed by atoms with van der Waals surface area (Å²) in [5.74, 6) is -1.53. The second kappa shape index (κ2) is 9.54. The molecule has 29 heavy (non-hydrogen) atoms. The molecular formula is C22H22N2O5. The van der Waals surface area contributed by atoms with Gasteiger partial charge in [0.15, 0.2) is 0 Å². The van der Waals surface area contributed by atoms with Gasteiger partial charge in [0.05, 0.1) is 7.11 Å². The maximum absolute atomic E-state index is 12.4. The van der Waals surface area contributed by atoms with Gasteiger partial charge in [-0.3, -0.25) is 4.79 Å². The van der Waals surface area contributed by atoms with Crippen LogP contribution in [-0.4, -0.2) is 31.0 Å². The molecule has 7 nitrogen and oxygen atoms in total. The van der Waals surface area contributed by atoms with E-state index in [1.165, 1.54) is 7.11 Å². The SMILES string of the molecule is COC(=O)/C(NC(=O)c1ccccc1)=C1/CCC(C(=O)OCc2ccccc2)N1. The number of benzene rings is 2. The summed E-state index contributed by atoms with van der Waals surface area (Å²) >= 11 is 0. The Morgan fingerprint density at radius 3 is 2.34 bits per heavy atom. The van der Waals surface area contributed by atoms with Crippen LogP contribution in [0.4, 0.5) is 0 Å². The van der Waals surface area contributed by atoms with Crippen LogP contribution >= 0.6 is 0 Å². The minimum Gasteiger partial charge on any atom is -0.464 e. The van der Waals surface area contributed by atoms with Gasteiger partial charge in [0.1, 0.15) is 18.3 Å². The van der Waals surface area contributed by atoms with Gasteiger partial charge in [-0.1, -0.05) is 48.5 Å². The summed E-state index contributed by atoms with van der Waals surface area (Å²) < 4.78 is 10.1. The lowest BCUT2D eigenvalue weighted by Crippen LogP contribution is -2.35. The van der Waals surface area contributed by atoms with E-state index in [2.05, 4.69) is 10.6 Å². The molecule has 2 N–H and O–H groups in total. The van der Waals surface area contributed by atoms with Gasteiger partial charge in [0.2, 0.25) is 0 Å². The highest BCUT2D eigenvalue weighted by atomic mass is 16.5. The minimum atomic E-state index is -0.685. The maximum Gasteiger partial charge on any atom is 0.356 e. The third kappa shape index (κ3) is 5.22. The normalized spacial score (nSPS) is 17.1. The molecule has 2 aromatic rings. The van der Waals surface area contributed by atoms with Crippen LogP contribution in [0.3, 0.4) is 0 Å². The van der Waals surface area contributed by atoms with Gasteiger partial charge in [0.25, 0.3) is 5.91 Å². The molecule has 0 saturated carbocycles. The first-order valence-electron chi connectivity index (χ1n) is 9.23. The molecule has 1 fully saturated rings. The molecule has 1 heterocycles. The molecule has 1 aliphatic heterocycles. The summed E-state index contributed by atoms with van der Waals surface area (Å²) in [6.07, 6.45) is 0.856. The van der Waals surface area contributed by atoms with Gasteiger partial charge in [0, 0.05) is 11.3 Å². The van der Waals surface area contributed by atoms with Gasteiger partial charge in [-0.05, 0) is 30.5 Å². The second-order valence-corrected chi connectivity index (χ2v) is 6.49. The monoisotopic (exact) mass is 394 g/mol. The van der Waals surface area contributed by atoms with E-state index in [9.17, 15) is 14.4 Å². The fourth-order valence-electron chi connectivity index (χ4n) is 2.97. The minimum absolute atomic E-state index is 0.000266. The van der Waals surface area contributed by atoms with E-state index in [0.29, 0.717) is 24.1 Å². The number of hydrogen-bond acceptors (Lipinski definition) is 6. The molecule has 1 saturated heterocycles. The molecule has 3 rings (SSSR count). The lowest BCUT2D eigenvalue weighted by atomic mass is 10.2. The van der Waals surface area contributed by atoms with Crippen molar-refractivity contribution in [3.63, 3.8) is 0 Å². The summed E-state index contributed by atoms with van der Waals surface area (Å²) in [5, 5.41) is 5.58. The average Bonchev–Trinajstić information content (AvgIpc) is 3.26. The Bertz CT molecular complexity index is 909. The Morgan fingerprint density at radius 1 is 1.03 bits per heavy atom. The Hall–Kier alpha value is -3.61. The molecule has 1 atom stereocenters. The van der Waals surface area contributed by atoms with Crippen LogP contribution in [0.2, 0.25) is 0 Å². The van der Waals surface area contributed by atoms with Crippen molar-refractivity contribution in [2.45, 2.75) is 25.5 Å². The number of rotatable bonds is 6. The van der Waals surface area contributed by atoms with Crippen LogP contribution in [0.1, 0.15) is 28.8 Å². The fourth-order valence-corrected chi connectivity index (χ4v) is 2.97. The molecule has 1 amide bonds. The first kappa shape index (κ1) is 20.1. The molecule has 0 radical (unpaired) electrons. The molecule has 0 bridgehead atoms. The van der Waals surface area contributed by atoms with Crippen LogP contribution < -0.4 is 10.6 Å². The lowest BCUT2D eigenvalue weighted by molar-refractivity contribution is -0.147. The van der Waals surface area contributed by atoms with E-state index in [-0.39, 0.29) is 12.3 Å². The van der Waals surface area contributed by atoms with E-state index in [1.54, 1.807) is 30.3 Å². The van der Waals surface area contributed by atoms with Crippen molar-refractivity contribution >= 4 is 17.8 Å². The van der Waals surface area contributed by atoms with Crippen molar-refractivity contribution in [1.29, 1.82) is 0 Å². The van der Waals surface area contributed by atoms with Crippen molar-refractivity contribution in [3.8, 4) is 0 Å². The molecule has 0 spiro atoms. The summed E-state index contributed by atoms with van der Waals surface area (Å²) in [4.78, 5) is 37.0. The van der Waals surface area contributed by atoms with Crippen LogP contribution in [-0.2, 0) is 25.7 Å². The number of nitrogens with one attached hydrogen (secondary N) is 2. The smallest absolute Gasteiger partial charge is 0.356 e. The molecule has 7 heteroatoms. The number of amides is 1. The van der Waals surface area contributed by atoms with Gasteiger partial charge in [-0.2, -0.15) is 0 Å². The first-order chi connectivity index (χ1) is 14.1. The van der Waals surface area contributed by atoms with Crippen molar-refractivity contribution < 1.29 is 23.9 Å². The molecule has 0 aromatic heterocycles. The number of hydrogen-bond donors (Lipinski definition) is 2. The van der Waals surface area contributed by atoms with Gasteiger partial charge < -0.3 is 20.1 Å². The van der Waals surface area contributed by atoms with Crippen LogP contribution in [0, 0.1) is 0 Å². The maximum atomic E-state index is 12.4. The number of carbonyl (C=O) groups is 3. The third-order valence-corrected chi connectivity index (χ3v) is 4.51. The van der Waals surface area contributed by atoms with Gasteiger partial charge in [-0.15, -0.1) is 0 Å². The Morgan fingerprint density at radius 2 is 1.69 bits per heavy atom. The lowest BCUT2D eigenvalue weighted by Gasteiger charge is -2.14. The summed E-state index contributed by atoms with van der Waals surface area (Å²) in [7, 11) is 1.23. The number of allylic oxidation sites excluding steroid dienone is 1. The quantitative estimate of drug-likeness (QED) is 0.577. The number of carbonyl (C=O) groups excluding carboxylic acids is 3. The predicted molar refractivity (Wildman–Crippen MR) is 105 cm³/mol. The van der Waals surface area contributed by atoms with E-state index in [0.717, 1.165) is 5.56 Å². The highest BCUT2D eigenvalue weighted by Gasteiger charge is 2.31. The summed E-state index contributed by atoms with van der Waals surface area (Å²) in [6, 6.07) is 17.3. The van der Waals surface area contributed by atoms with Crippen LogP contribution in [0.15, 0.2) is 72.1 Å². The van der Waals surface area contributed by atoms with E-state index >= 15 is 0 Å². The molecule has 1 unspecified atom stereocenters.